The van der Waals surface area contributed by atoms with Crippen molar-refractivity contribution >= 4 is 10.8 Å². The molecule has 2 heterocycles. The van der Waals surface area contributed by atoms with Crippen LogP contribution in [0.25, 0.3) is 10.8 Å². The van der Waals surface area contributed by atoms with Gasteiger partial charge in [0, 0.05) is 31.5 Å². The highest BCUT2D eigenvalue weighted by molar-refractivity contribution is 5.86. The van der Waals surface area contributed by atoms with Crippen LogP contribution in [0.3, 0.4) is 0 Å². The fourth-order valence-corrected chi connectivity index (χ4v) is 3.54. The van der Waals surface area contributed by atoms with E-state index in [4.69, 9.17) is 0 Å². The first-order chi connectivity index (χ1) is 13.3. The van der Waals surface area contributed by atoms with Gasteiger partial charge in [0.25, 0.3) is 0 Å². The van der Waals surface area contributed by atoms with E-state index in [-0.39, 0.29) is 6.04 Å². The third-order valence-corrected chi connectivity index (χ3v) is 5.00. The molecule has 0 aliphatic rings. The van der Waals surface area contributed by atoms with Crippen molar-refractivity contribution in [3.63, 3.8) is 0 Å². The Morgan fingerprint density at radius 1 is 0.704 bits per heavy atom. The Balaban J connectivity index is 1.70. The van der Waals surface area contributed by atoms with Gasteiger partial charge < -0.3 is 0 Å². The molecule has 134 valence electrons. The van der Waals surface area contributed by atoms with Gasteiger partial charge in [0.15, 0.2) is 0 Å². The van der Waals surface area contributed by atoms with Gasteiger partial charge in [-0.25, -0.2) is 0 Å². The minimum absolute atomic E-state index is 0.236. The molecule has 3 nitrogen and oxygen atoms in total. The maximum Gasteiger partial charge on any atom is 0.0544 e. The molecule has 0 bridgehead atoms. The summed E-state index contributed by atoms with van der Waals surface area (Å²) in [5, 5.41) is 2.58. The molecular weight excluding hydrogens is 330 g/mol. The molecular formula is C24H23N3. The normalized spacial score (nSPS) is 12.4. The highest BCUT2D eigenvalue weighted by Gasteiger charge is 2.19. The third kappa shape index (κ3) is 4.04. The van der Waals surface area contributed by atoms with E-state index in [2.05, 4.69) is 76.4 Å². The summed E-state index contributed by atoms with van der Waals surface area (Å²) in [7, 11) is 0. The molecule has 27 heavy (non-hydrogen) atoms. The number of aromatic nitrogens is 2. The second-order valence-electron chi connectivity index (χ2n) is 6.79. The van der Waals surface area contributed by atoms with Crippen molar-refractivity contribution in [2.45, 2.75) is 26.1 Å². The van der Waals surface area contributed by atoms with Crippen molar-refractivity contribution in [1.82, 2.24) is 14.9 Å². The summed E-state index contributed by atoms with van der Waals surface area (Å²) in [4.78, 5) is 11.5. The second-order valence-corrected chi connectivity index (χ2v) is 6.79. The van der Waals surface area contributed by atoms with Crippen LogP contribution in [-0.4, -0.2) is 14.9 Å². The van der Waals surface area contributed by atoms with Gasteiger partial charge in [0.1, 0.15) is 0 Å². The Morgan fingerprint density at radius 2 is 1.30 bits per heavy atom. The van der Waals surface area contributed by atoms with E-state index in [0.29, 0.717) is 0 Å². The summed E-state index contributed by atoms with van der Waals surface area (Å²) in [6.45, 7) is 3.83. The van der Waals surface area contributed by atoms with Crippen LogP contribution in [0, 0.1) is 0 Å². The molecule has 0 spiro atoms. The molecule has 4 rings (SSSR count). The fraction of sp³-hybridized carbons (Fsp3) is 0.167. The lowest BCUT2D eigenvalue weighted by atomic mass is 9.98. The first-order valence-electron chi connectivity index (χ1n) is 9.33. The molecule has 4 aromatic rings. The topological polar surface area (TPSA) is 29.0 Å². The van der Waals surface area contributed by atoms with Crippen molar-refractivity contribution < 1.29 is 0 Å². The molecule has 0 amide bonds. The predicted octanol–water partition coefficient (Wildman–Crippen LogP) is 5.39. The summed E-state index contributed by atoms with van der Waals surface area (Å²) < 4.78 is 0. The van der Waals surface area contributed by atoms with Crippen molar-refractivity contribution in [3.05, 3.63) is 108 Å². The quantitative estimate of drug-likeness (QED) is 0.465. The zero-order chi connectivity index (χ0) is 18.5. The maximum absolute atomic E-state index is 4.54. The van der Waals surface area contributed by atoms with Crippen LogP contribution in [0.1, 0.15) is 29.9 Å². The molecule has 2 aromatic carbocycles. The van der Waals surface area contributed by atoms with Gasteiger partial charge in [0.05, 0.1) is 11.4 Å². The first kappa shape index (κ1) is 17.4. The van der Waals surface area contributed by atoms with E-state index >= 15 is 0 Å². The van der Waals surface area contributed by atoms with Crippen LogP contribution in [-0.2, 0) is 13.1 Å². The number of hydrogen-bond acceptors (Lipinski definition) is 3. The number of nitrogens with zero attached hydrogens (tertiary/aromatic N) is 3. The van der Waals surface area contributed by atoms with Gasteiger partial charge in [-0.15, -0.1) is 0 Å². The van der Waals surface area contributed by atoms with Crippen LogP contribution < -0.4 is 0 Å². The third-order valence-electron chi connectivity index (χ3n) is 5.00. The van der Waals surface area contributed by atoms with Crippen LogP contribution in [0.15, 0.2) is 91.3 Å². The van der Waals surface area contributed by atoms with Gasteiger partial charge in [0.2, 0.25) is 0 Å². The van der Waals surface area contributed by atoms with Crippen LogP contribution in [0.2, 0.25) is 0 Å². The number of fused-ring (bicyclic) bond motifs is 1. The van der Waals surface area contributed by atoms with Crippen molar-refractivity contribution in [2.24, 2.45) is 0 Å². The van der Waals surface area contributed by atoms with Gasteiger partial charge in [-0.2, -0.15) is 0 Å². The summed E-state index contributed by atoms with van der Waals surface area (Å²) in [6.07, 6.45) is 3.72. The van der Waals surface area contributed by atoms with E-state index in [1.807, 2.05) is 36.7 Å². The smallest absolute Gasteiger partial charge is 0.0544 e. The Labute approximate surface area is 160 Å². The zero-order valence-corrected chi connectivity index (χ0v) is 15.5. The van der Waals surface area contributed by atoms with Crippen LogP contribution in [0.4, 0.5) is 0 Å². The number of benzene rings is 2. The number of hydrogen-bond donors (Lipinski definition) is 0. The van der Waals surface area contributed by atoms with Crippen molar-refractivity contribution in [1.29, 1.82) is 0 Å². The van der Waals surface area contributed by atoms with E-state index in [0.717, 1.165) is 24.5 Å². The maximum atomic E-state index is 4.54. The zero-order valence-electron chi connectivity index (χ0n) is 15.5. The largest absolute Gasteiger partial charge is 0.285 e. The van der Waals surface area contributed by atoms with Gasteiger partial charge in [-0.1, -0.05) is 54.6 Å². The second kappa shape index (κ2) is 8.11. The molecule has 0 N–H and O–H groups in total. The van der Waals surface area contributed by atoms with E-state index < -0.39 is 0 Å². The standard InChI is InChI=1S/C24H23N3/c1-19(23-14-8-10-20-9-2-3-13-24(20)23)27(17-21-11-4-6-15-25-21)18-22-12-5-7-16-26-22/h2-16,19H,17-18H2,1H3/t19-/m0/s1. The molecule has 1 atom stereocenters. The molecule has 0 saturated carbocycles. The predicted molar refractivity (Wildman–Crippen MR) is 110 cm³/mol. The lowest BCUT2D eigenvalue weighted by Crippen LogP contribution is -2.27. The number of rotatable bonds is 6. The highest BCUT2D eigenvalue weighted by atomic mass is 15.2. The summed E-state index contributed by atoms with van der Waals surface area (Å²) in [5.41, 5.74) is 3.47. The fourth-order valence-electron chi connectivity index (χ4n) is 3.54. The lowest BCUT2D eigenvalue weighted by molar-refractivity contribution is 0.188. The molecule has 0 saturated heterocycles. The summed E-state index contributed by atoms with van der Waals surface area (Å²) >= 11 is 0. The average molecular weight is 353 g/mol. The monoisotopic (exact) mass is 353 g/mol. The summed E-state index contributed by atoms with van der Waals surface area (Å²) in [6, 6.07) is 27.6. The molecule has 0 unspecified atom stereocenters. The SMILES string of the molecule is C[C@@H](c1cccc2ccccc12)N(Cc1ccccn1)Cc1ccccn1. The Bertz CT molecular complexity index is 953. The average Bonchev–Trinajstić information content (AvgIpc) is 2.74. The molecule has 0 aliphatic carbocycles. The molecule has 2 aromatic heterocycles. The first-order valence-corrected chi connectivity index (χ1v) is 9.33. The van der Waals surface area contributed by atoms with Crippen molar-refractivity contribution in [3.8, 4) is 0 Å². The van der Waals surface area contributed by atoms with Crippen molar-refractivity contribution in [2.75, 3.05) is 0 Å². The van der Waals surface area contributed by atoms with Gasteiger partial charge in [-0.05, 0) is 47.5 Å². The van der Waals surface area contributed by atoms with Gasteiger partial charge in [-0.3, -0.25) is 14.9 Å². The Kier molecular flexibility index (Phi) is 5.22. The lowest BCUT2D eigenvalue weighted by Gasteiger charge is -2.30. The van der Waals surface area contributed by atoms with E-state index in [1.165, 1.54) is 16.3 Å². The van der Waals surface area contributed by atoms with Crippen LogP contribution >= 0.6 is 0 Å². The molecule has 0 radical (unpaired) electrons. The van der Waals surface area contributed by atoms with E-state index in [9.17, 15) is 0 Å². The molecule has 3 heteroatoms. The van der Waals surface area contributed by atoms with Crippen LogP contribution in [0.5, 0.6) is 0 Å². The highest BCUT2D eigenvalue weighted by Crippen LogP contribution is 2.30. The molecule has 0 aliphatic heterocycles. The number of pyridine rings is 2. The summed E-state index contributed by atoms with van der Waals surface area (Å²) in [5.74, 6) is 0. The Morgan fingerprint density at radius 3 is 1.93 bits per heavy atom. The minimum atomic E-state index is 0.236. The Hall–Kier alpha value is -3.04. The minimum Gasteiger partial charge on any atom is -0.285 e. The molecule has 0 fully saturated rings. The van der Waals surface area contributed by atoms with Gasteiger partial charge >= 0.3 is 0 Å². The van der Waals surface area contributed by atoms with E-state index in [1.54, 1.807) is 0 Å².